The topological polar surface area (TPSA) is 130 Å². The summed E-state index contributed by atoms with van der Waals surface area (Å²) in [7, 11) is 0. The number of carbonyl (C=O) groups excluding carboxylic acids is 2. The van der Waals surface area contributed by atoms with E-state index in [0.29, 0.717) is 5.02 Å². The smallest absolute Gasteiger partial charge is 0.243 e. The summed E-state index contributed by atoms with van der Waals surface area (Å²) in [5.41, 5.74) is -0.181. The summed E-state index contributed by atoms with van der Waals surface area (Å²) in [5.74, 6) is -2.04. The Morgan fingerprint density at radius 3 is 2.63 bits per heavy atom. The van der Waals surface area contributed by atoms with Crippen LogP contribution in [0.5, 0.6) is 0 Å². The van der Waals surface area contributed by atoms with Gasteiger partial charge in [-0.3, -0.25) is 9.59 Å². The molecule has 0 spiro atoms. The highest BCUT2D eigenvalue weighted by Gasteiger charge is 2.44. The van der Waals surface area contributed by atoms with Gasteiger partial charge in [0.25, 0.3) is 0 Å². The van der Waals surface area contributed by atoms with Crippen molar-refractivity contribution in [3.8, 4) is 18.2 Å². The van der Waals surface area contributed by atoms with Crippen LogP contribution < -0.4 is 10.6 Å². The molecule has 0 bridgehead atoms. The number of benzene rings is 1. The number of halogens is 1. The summed E-state index contributed by atoms with van der Waals surface area (Å²) in [5, 5.41) is 33.5. The van der Waals surface area contributed by atoms with E-state index >= 15 is 0 Å². The second-order valence-corrected chi connectivity index (χ2v) is 7.65. The highest BCUT2D eigenvalue weighted by atomic mass is 35.5. The zero-order valence-corrected chi connectivity index (χ0v) is 16.0. The monoisotopic (exact) mass is 399 g/mol. The highest BCUT2D eigenvalue weighted by Crippen LogP contribution is 2.41. The molecule has 0 unspecified atom stereocenters. The second-order valence-electron chi connectivity index (χ2n) is 6.23. The van der Waals surface area contributed by atoms with Crippen LogP contribution in [-0.4, -0.2) is 17.6 Å². The lowest BCUT2D eigenvalue weighted by Gasteiger charge is -2.34. The average molecular weight is 400 g/mol. The van der Waals surface area contributed by atoms with Crippen LogP contribution in [0.2, 0.25) is 5.02 Å². The molecular weight excluding hydrogens is 386 g/mol. The maximum Gasteiger partial charge on any atom is 0.243 e. The van der Waals surface area contributed by atoms with Crippen molar-refractivity contribution in [2.45, 2.75) is 13.8 Å². The molecule has 7 nitrogen and oxygen atoms in total. The molecule has 1 aromatic rings. The molecule has 0 saturated carbocycles. The summed E-state index contributed by atoms with van der Waals surface area (Å²) < 4.78 is 0. The van der Waals surface area contributed by atoms with Crippen molar-refractivity contribution < 1.29 is 9.59 Å². The molecule has 136 valence electrons. The fourth-order valence-electron chi connectivity index (χ4n) is 2.58. The molecule has 1 aliphatic heterocycles. The van der Waals surface area contributed by atoms with Gasteiger partial charge >= 0.3 is 0 Å². The van der Waals surface area contributed by atoms with Crippen molar-refractivity contribution in [2.24, 2.45) is 11.3 Å². The quantitative estimate of drug-likeness (QED) is 0.800. The Labute approximate surface area is 165 Å². The van der Waals surface area contributed by atoms with Crippen molar-refractivity contribution in [1.82, 2.24) is 5.32 Å². The first-order chi connectivity index (χ1) is 12.7. The van der Waals surface area contributed by atoms with E-state index in [9.17, 15) is 20.1 Å². The third-order valence-corrected chi connectivity index (χ3v) is 5.29. The number of anilines is 1. The molecule has 0 fully saturated rings. The van der Waals surface area contributed by atoms with Gasteiger partial charge < -0.3 is 10.6 Å². The van der Waals surface area contributed by atoms with Gasteiger partial charge in [-0.15, -0.1) is 0 Å². The van der Waals surface area contributed by atoms with E-state index in [-0.39, 0.29) is 27.6 Å². The van der Waals surface area contributed by atoms with E-state index < -0.39 is 23.1 Å². The molecule has 0 radical (unpaired) electrons. The van der Waals surface area contributed by atoms with Crippen LogP contribution in [0.1, 0.15) is 19.4 Å². The molecule has 1 aromatic carbocycles. The zero-order chi connectivity index (χ0) is 20.2. The first-order valence-electron chi connectivity index (χ1n) is 7.72. The third-order valence-electron chi connectivity index (χ3n) is 4.06. The molecule has 0 aliphatic carbocycles. The van der Waals surface area contributed by atoms with Gasteiger partial charge in [0.05, 0.1) is 39.7 Å². The van der Waals surface area contributed by atoms with Crippen molar-refractivity contribution in [2.75, 3.05) is 11.1 Å². The Kier molecular flexibility index (Phi) is 6.13. The maximum absolute atomic E-state index is 12.2. The Bertz CT molecular complexity index is 965. The minimum absolute atomic E-state index is 0.106. The van der Waals surface area contributed by atoms with Gasteiger partial charge in [0.15, 0.2) is 0 Å². The number of nitrogens with zero attached hydrogens (tertiary/aromatic N) is 3. The molecule has 2 amide bonds. The first kappa shape index (κ1) is 20.3. The molecule has 2 rings (SSSR count). The Morgan fingerprint density at radius 2 is 2.04 bits per heavy atom. The van der Waals surface area contributed by atoms with Gasteiger partial charge in [-0.25, -0.2) is 0 Å². The summed E-state index contributed by atoms with van der Waals surface area (Å²) >= 11 is 6.87. The molecule has 2 N–H and O–H groups in total. The van der Waals surface area contributed by atoms with Crippen LogP contribution in [0.3, 0.4) is 0 Å². The van der Waals surface area contributed by atoms with E-state index in [1.165, 1.54) is 12.1 Å². The molecule has 1 aliphatic rings. The van der Waals surface area contributed by atoms with Crippen LogP contribution in [0.15, 0.2) is 28.8 Å². The van der Waals surface area contributed by atoms with Crippen LogP contribution in [0.25, 0.3) is 0 Å². The highest BCUT2D eigenvalue weighted by molar-refractivity contribution is 8.03. The predicted octanol–water partition coefficient (Wildman–Crippen LogP) is 2.91. The number of hydrogen-bond acceptors (Lipinski definition) is 6. The second kappa shape index (κ2) is 8.14. The lowest BCUT2D eigenvalue weighted by molar-refractivity contribution is -0.125. The van der Waals surface area contributed by atoms with Gasteiger partial charge in [-0.1, -0.05) is 37.2 Å². The summed E-state index contributed by atoms with van der Waals surface area (Å²) in [6, 6.07) is 10.4. The molecule has 0 aromatic heterocycles. The largest absolute Gasteiger partial charge is 0.324 e. The minimum atomic E-state index is -0.991. The van der Waals surface area contributed by atoms with Gasteiger partial charge in [-0.05, 0) is 18.2 Å². The number of nitriles is 3. The maximum atomic E-state index is 12.2. The summed E-state index contributed by atoms with van der Waals surface area (Å²) in [4.78, 5) is 24.4. The van der Waals surface area contributed by atoms with E-state index in [1.807, 2.05) is 18.2 Å². The number of rotatable bonds is 4. The number of allylic oxidation sites excluding steroid dienone is 1. The van der Waals surface area contributed by atoms with Crippen LogP contribution in [0.4, 0.5) is 5.69 Å². The molecule has 27 heavy (non-hydrogen) atoms. The fourth-order valence-corrected chi connectivity index (χ4v) is 3.72. The molecular formula is C18H14ClN5O2S. The number of thioether (sulfide) groups is 1. The van der Waals surface area contributed by atoms with Crippen molar-refractivity contribution in [1.29, 1.82) is 15.8 Å². The Balaban J connectivity index is 2.17. The summed E-state index contributed by atoms with van der Waals surface area (Å²) in [6.45, 7) is 3.29. The van der Waals surface area contributed by atoms with Crippen molar-refractivity contribution in [3.63, 3.8) is 0 Å². The van der Waals surface area contributed by atoms with E-state index in [2.05, 4.69) is 10.6 Å². The number of nitrogens with one attached hydrogen (secondary N) is 2. The standard InChI is InChI=1S/C18H14ClN5O2S/c1-18(2)12(7-21)16(26)24-17(13(18)8-22)27-9-15(25)23-14-5-11(19)4-3-10(14)6-20/h3-5,12H,9H2,1-2H3,(H,23,25)(H,24,26)/t12-/m0/s1. The Hall–Kier alpha value is -2.99. The van der Waals surface area contributed by atoms with Gasteiger partial charge in [0.2, 0.25) is 11.8 Å². The van der Waals surface area contributed by atoms with Crippen molar-refractivity contribution >= 4 is 40.9 Å². The number of carbonyl (C=O) groups is 2. The normalized spacial score (nSPS) is 17.9. The Morgan fingerprint density at radius 1 is 1.33 bits per heavy atom. The molecule has 9 heteroatoms. The molecule has 1 atom stereocenters. The molecule has 0 saturated heterocycles. The van der Waals surface area contributed by atoms with E-state index in [1.54, 1.807) is 19.9 Å². The first-order valence-corrected chi connectivity index (χ1v) is 9.08. The third kappa shape index (κ3) is 4.23. The number of hydrogen-bond donors (Lipinski definition) is 2. The summed E-state index contributed by atoms with van der Waals surface area (Å²) in [6.07, 6.45) is 0. The van der Waals surface area contributed by atoms with E-state index in [4.69, 9.17) is 16.9 Å². The predicted molar refractivity (Wildman–Crippen MR) is 101 cm³/mol. The lowest BCUT2D eigenvalue weighted by Crippen LogP contribution is -2.44. The minimum Gasteiger partial charge on any atom is -0.324 e. The lowest BCUT2D eigenvalue weighted by atomic mass is 9.72. The molecule has 1 heterocycles. The van der Waals surface area contributed by atoms with Crippen molar-refractivity contribution in [3.05, 3.63) is 39.4 Å². The number of amides is 2. The SMILES string of the molecule is CC1(C)C(C#N)=C(SCC(=O)Nc2cc(Cl)ccc2C#N)NC(=O)[C@@H]1C#N. The van der Waals surface area contributed by atoms with Crippen LogP contribution in [-0.2, 0) is 9.59 Å². The van der Waals surface area contributed by atoms with Gasteiger partial charge in [0.1, 0.15) is 12.0 Å². The van der Waals surface area contributed by atoms with Gasteiger partial charge in [-0.2, -0.15) is 15.8 Å². The van der Waals surface area contributed by atoms with Crippen LogP contribution in [0, 0.1) is 45.3 Å². The van der Waals surface area contributed by atoms with E-state index in [0.717, 1.165) is 11.8 Å². The van der Waals surface area contributed by atoms with Crippen LogP contribution >= 0.6 is 23.4 Å². The zero-order valence-electron chi connectivity index (χ0n) is 14.5. The fraction of sp³-hybridized carbons (Fsp3) is 0.278. The van der Waals surface area contributed by atoms with Gasteiger partial charge in [0, 0.05) is 10.4 Å². The average Bonchev–Trinajstić information content (AvgIpc) is 2.59.